The molecule has 1 aromatic carbocycles. The SMILES string of the molecule is NC(=O)c1ccc(N)c(NCCCC2CC2)c1. The molecule has 92 valence electrons. The lowest BCUT2D eigenvalue weighted by Crippen LogP contribution is -2.12. The zero-order valence-corrected chi connectivity index (χ0v) is 9.91. The molecule has 1 aliphatic carbocycles. The van der Waals surface area contributed by atoms with Crippen LogP contribution in [0.15, 0.2) is 18.2 Å². The standard InChI is InChI=1S/C13H19N3O/c14-11-6-5-10(13(15)17)8-12(11)16-7-1-2-9-3-4-9/h5-6,8-9,16H,1-4,7,14H2,(H2,15,17). The van der Waals surface area contributed by atoms with Crippen molar-refractivity contribution < 1.29 is 4.79 Å². The molecule has 0 saturated heterocycles. The number of nitrogen functional groups attached to an aromatic ring is 1. The van der Waals surface area contributed by atoms with Crippen molar-refractivity contribution in [1.82, 2.24) is 0 Å². The average molecular weight is 233 g/mol. The minimum atomic E-state index is -0.425. The number of carbonyl (C=O) groups is 1. The van der Waals surface area contributed by atoms with E-state index in [0.717, 1.165) is 24.6 Å². The van der Waals surface area contributed by atoms with Crippen LogP contribution in [0.25, 0.3) is 0 Å². The van der Waals surface area contributed by atoms with Crippen molar-refractivity contribution in [2.75, 3.05) is 17.6 Å². The fraction of sp³-hybridized carbons (Fsp3) is 0.462. The van der Waals surface area contributed by atoms with Crippen LogP contribution in [0.4, 0.5) is 11.4 Å². The fourth-order valence-electron chi connectivity index (χ4n) is 1.88. The van der Waals surface area contributed by atoms with Crippen LogP contribution in [-0.2, 0) is 0 Å². The number of primary amides is 1. The number of hydrogen-bond acceptors (Lipinski definition) is 3. The van der Waals surface area contributed by atoms with Crippen molar-refractivity contribution in [3.8, 4) is 0 Å². The zero-order valence-electron chi connectivity index (χ0n) is 9.91. The van der Waals surface area contributed by atoms with Crippen molar-refractivity contribution in [2.45, 2.75) is 25.7 Å². The molecule has 0 unspecified atom stereocenters. The van der Waals surface area contributed by atoms with Crippen LogP contribution in [0.3, 0.4) is 0 Å². The van der Waals surface area contributed by atoms with Crippen LogP contribution in [0.1, 0.15) is 36.0 Å². The number of nitrogens with two attached hydrogens (primary N) is 2. The lowest BCUT2D eigenvalue weighted by atomic mass is 10.1. The molecule has 4 heteroatoms. The predicted octanol–water partition coefficient (Wildman–Crippen LogP) is 1.97. The van der Waals surface area contributed by atoms with Gasteiger partial charge < -0.3 is 16.8 Å². The molecule has 0 bridgehead atoms. The molecule has 1 saturated carbocycles. The zero-order chi connectivity index (χ0) is 12.3. The number of benzene rings is 1. The maximum Gasteiger partial charge on any atom is 0.248 e. The van der Waals surface area contributed by atoms with Crippen molar-refractivity contribution in [3.05, 3.63) is 23.8 Å². The number of rotatable bonds is 6. The number of carbonyl (C=O) groups excluding carboxylic acids is 1. The van der Waals surface area contributed by atoms with Crippen LogP contribution in [0, 0.1) is 5.92 Å². The van der Waals surface area contributed by atoms with E-state index in [1.54, 1.807) is 18.2 Å². The summed E-state index contributed by atoms with van der Waals surface area (Å²) < 4.78 is 0. The average Bonchev–Trinajstić information content (AvgIpc) is 3.10. The summed E-state index contributed by atoms with van der Waals surface area (Å²) in [6.07, 6.45) is 5.20. The quantitative estimate of drug-likeness (QED) is 0.519. The van der Waals surface area contributed by atoms with Gasteiger partial charge in [0.1, 0.15) is 0 Å². The van der Waals surface area contributed by atoms with Gasteiger partial charge in [-0.1, -0.05) is 12.8 Å². The second kappa shape index (κ2) is 5.08. The first-order chi connectivity index (χ1) is 8.16. The molecule has 17 heavy (non-hydrogen) atoms. The molecule has 1 amide bonds. The Bertz CT molecular complexity index is 413. The summed E-state index contributed by atoms with van der Waals surface area (Å²) in [7, 11) is 0. The smallest absolute Gasteiger partial charge is 0.248 e. The third kappa shape index (κ3) is 3.37. The first-order valence-corrected chi connectivity index (χ1v) is 6.10. The van der Waals surface area contributed by atoms with Gasteiger partial charge in [0.2, 0.25) is 5.91 Å². The van der Waals surface area contributed by atoms with Crippen molar-refractivity contribution in [3.63, 3.8) is 0 Å². The van der Waals surface area contributed by atoms with Gasteiger partial charge >= 0.3 is 0 Å². The molecule has 0 radical (unpaired) electrons. The van der Waals surface area contributed by atoms with E-state index in [9.17, 15) is 4.79 Å². The van der Waals surface area contributed by atoms with Crippen LogP contribution in [0.5, 0.6) is 0 Å². The van der Waals surface area contributed by atoms with Crippen LogP contribution in [-0.4, -0.2) is 12.5 Å². The van der Waals surface area contributed by atoms with Gasteiger partial charge in [-0.25, -0.2) is 0 Å². The number of hydrogen-bond donors (Lipinski definition) is 3. The molecular formula is C13H19N3O. The van der Waals surface area contributed by atoms with Gasteiger partial charge in [0.25, 0.3) is 0 Å². The molecular weight excluding hydrogens is 214 g/mol. The first-order valence-electron chi connectivity index (χ1n) is 6.10. The third-order valence-electron chi connectivity index (χ3n) is 3.14. The first kappa shape index (κ1) is 11.8. The Morgan fingerprint density at radius 2 is 2.18 bits per heavy atom. The van der Waals surface area contributed by atoms with Gasteiger partial charge in [-0.3, -0.25) is 4.79 Å². The molecule has 1 fully saturated rings. The second-order valence-electron chi connectivity index (χ2n) is 4.68. The highest BCUT2D eigenvalue weighted by Gasteiger charge is 2.19. The molecule has 4 nitrogen and oxygen atoms in total. The van der Waals surface area contributed by atoms with Gasteiger partial charge in [-0.05, 0) is 37.0 Å². The summed E-state index contributed by atoms with van der Waals surface area (Å²) in [5, 5.41) is 3.26. The van der Waals surface area contributed by atoms with Crippen LogP contribution >= 0.6 is 0 Å². The maximum absolute atomic E-state index is 11.0. The molecule has 1 aliphatic rings. The Hall–Kier alpha value is -1.71. The summed E-state index contributed by atoms with van der Waals surface area (Å²) in [5.41, 5.74) is 13.0. The minimum absolute atomic E-state index is 0.425. The number of anilines is 2. The summed E-state index contributed by atoms with van der Waals surface area (Å²) in [6.45, 7) is 0.892. The normalized spacial score (nSPS) is 14.6. The summed E-state index contributed by atoms with van der Waals surface area (Å²) >= 11 is 0. The molecule has 2 rings (SSSR count). The van der Waals surface area contributed by atoms with Crippen molar-refractivity contribution in [1.29, 1.82) is 0 Å². The minimum Gasteiger partial charge on any atom is -0.397 e. The lowest BCUT2D eigenvalue weighted by molar-refractivity contribution is 0.100. The Morgan fingerprint density at radius 3 is 2.82 bits per heavy atom. The third-order valence-corrected chi connectivity index (χ3v) is 3.14. The highest BCUT2D eigenvalue weighted by atomic mass is 16.1. The largest absolute Gasteiger partial charge is 0.397 e. The highest BCUT2D eigenvalue weighted by molar-refractivity contribution is 5.94. The summed E-state index contributed by atoms with van der Waals surface area (Å²) in [4.78, 5) is 11.0. The lowest BCUT2D eigenvalue weighted by Gasteiger charge is -2.10. The Balaban J connectivity index is 1.88. The topological polar surface area (TPSA) is 81.1 Å². The van der Waals surface area contributed by atoms with Crippen molar-refractivity contribution in [2.24, 2.45) is 11.7 Å². The van der Waals surface area contributed by atoms with Gasteiger partial charge in [0, 0.05) is 12.1 Å². The maximum atomic E-state index is 11.0. The molecule has 5 N–H and O–H groups in total. The number of nitrogens with one attached hydrogen (secondary N) is 1. The highest BCUT2D eigenvalue weighted by Crippen LogP contribution is 2.33. The van der Waals surface area contributed by atoms with E-state index in [0.29, 0.717) is 11.3 Å². The predicted molar refractivity (Wildman–Crippen MR) is 69.8 cm³/mol. The molecule has 0 atom stereocenters. The van der Waals surface area contributed by atoms with E-state index in [1.807, 2.05) is 0 Å². The van der Waals surface area contributed by atoms with Gasteiger partial charge in [0.15, 0.2) is 0 Å². The Kier molecular flexibility index (Phi) is 3.52. The Morgan fingerprint density at radius 1 is 1.41 bits per heavy atom. The summed E-state index contributed by atoms with van der Waals surface area (Å²) in [6, 6.07) is 5.07. The van der Waals surface area contributed by atoms with Crippen LogP contribution < -0.4 is 16.8 Å². The van der Waals surface area contributed by atoms with Gasteiger partial charge in [-0.2, -0.15) is 0 Å². The van der Waals surface area contributed by atoms with E-state index in [-0.39, 0.29) is 0 Å². The van der Waals surface area contributed by atoms with E-state index in [1.165, 1.54) is 19.3 Å². The Labute approximate surface area is 101 Å². The second-order valence-corrected chi connectivity index (χ2v) is 4.68. The van der Waals surface area contributed by atoms with E-state index >= 15 is 0 Å². The monoisotopic (exact) mass is 233 g/mol. The fourth-order valence-corrected chi connectivity index (χ4v) is 1.88. The van der Waals surface area contributed by atoms with Crippen LogP contribution in [0.2, 0.25) is 0 Å². The number of amides is 1. The van der Waals surface area contributed by atoms with Gasteiger partial charge in [0.05, 0.1) is 11.4 Å². The molecule has 0 heterocycles. The molecule has 0 aromatic heterocycles. The van der Waals surface area contributed by atoms with E-state index in [2.05, 4.69) is 5.32 Å². The van der Waals surface area contributed by atoms with Gasteiger partial charge in [-0.15, -0.1) is 0 Å². The molecule has 1 aromatic rings. The summed E-state index contributed by atoms with van der Waals surface area (Å²) in [5.74, 6) is 0.525. The van der Waals surface area contributed by atoms with E-state index < -0.39 is 5.91 Å². The molecule has 0 spiro atoms. The van der Waals surface area contributed by atoms with Crippen molar-refractivity contribution >= 4 is 17.3 Å². The van der Waals surface area contributed by atoms with E-state index in [4.69, 9.17) is 11.5 Å². The molecule has 0 aliphatic heterocycles.